The van der Waals surface area contributed by atoms with E-state index in [0.29, 0.717) is 5.02 Å². The first kappa shape index (κ1) is 12.5. The second kappa shape index (κ2) is 4.54. The van der Waals surface area contributed by atoms with Crippen molar-refractivity contribution in [2.75, 3.05) is 6.54 Å². The number of aromatic nitrogens is 1. The second-order valence-electron chi connectivity index (χ2n) is 4.95. The van der Waals surface area contributed by atoms with Crippen LogP contribution in [0.15, 0.2) is 12.1 Å². The third-order valence-electron chi connectivity index (χ3n) is 3.70. The number of hydrogen-bond acceptors (Lipinski definition) is 2. The van der Waals surface area contributed by atoms with E-state index in [0.717, 1.165) is 41.7 Å². The number of aryl methyl sites for hydroxylation is 1. The SMILES string of the molecule is Cc1cc2c3c(n(CC(=O)O)c2cc1Cl)CCNC3. The van der Waals surface area contributed by atoms with E-state index in [1.807, 2.05) is 17.6 Å². The molecule has 1 aliphatic rings. The number of nitrogens with one attached hydrogen (secondary N) is 1. The van der Waals surface area contributed by atoms with E-state index in [-0.39, 0.29) is 6.54 Å². The van der Waals surface area contributed by atoms with Crippen LogP contribution in [0.2, 0.25) is 5.02 Å². The van der Waals surface area contributed by atoms with Gasteiger partial charge in [-0.1, -0.05) is 11.6 Å². The molecule has 3 rings (SSSR count). The molecule has 2 N–H and O–H groups in total. The Morgan fingerprint density at radius 2 is 2.32 bits per heavy atom. The Labute approximate surface area is 116 Å². The first-order chi connectivity index (χ1) is 9.08. The quantitative estimate of drug-likeness (QED) is 0.886. The van der Waals surface area contributed by atoms with Gasteiger partial charge in [0.05, 0.1) is 5.52 Å². The number of halogens is 1. The van der Waals surface area contributed by atoms with Crippen molar-refractivity contribution < 1.29 is 9.90 Å². The highest BCUT2D eigenvalue weighted by Gasteiger charge is 2.21. The summed E-state index contributed by atoms with van der Waals surface area (Å²) in [6, 6.07) is 3.94. The maximum absolute atomic E-state index is 11.1. The predicted octanol–water partition coefficient (Wildman–Crippen LogP) is 2.33. The maximum atomic E-state index is 11.1. The molecular formula is C14H15ClN2O2. The lowest BCUT2D eigenvalue weighted by Gasteiger charge is -2.16. The summed E-state index contributed by atoms with van der Waals surface area (Å²) < 4.78 is 1.89. The van der Waals surface area contributed by atoms with Crippen LogP contribution in [0.3, 0.4) is 0 Å². The van der Waals surface area contributed by atoms with Crippen molar-refractivity contribution in [1.82, 2.24) is 9.88 Å². The fourth-order valence-electron chi connectivity index (χ4n) is 2.82. The van der Waals surface area contributed by atoms with Crippen molar-refractivity contribution in [3.05, 3.63) is 34.0 Å². The molecule has 0 bridgehead atoms. The van der Waals surface area contributed by atoms with E-state index < -0.39 is 5.97 Å². The molecular weight excluding hydrogens is 264 g/mol. The lowest BCUT2D eigenvalue weighted by Crippen LogP contribution is -2.25. The topological polar surface area (TPSA) is 54.3 Å². The van der Waals surface area contributed by atoms with Crippen LogP contribution < -0.4 is 5.32 Å². The molecule has 1 aliphatic heterocycles. The summed E-state index contributed by atoms with van der Waals surface area (Å²) >= 11 is 6.18. The Balaban J connectivity index is 2.32. The van der Waals surface area contributed by atoms with Gasteiger partial charge in [0, 0.05) is 35.6 Å². The summed E-state index contributed by atoms with van der Waals surface area (Å²) in [4.78, 5) is 11.1. The van der Waals surface area contributed by atoms with Crippen molar-refractivity contribution in [3.63, 3.8) is 0 Å². The minimum absolute atomic E-state index is 0.00871. The molecule has 100 valence electrons. The molecule has 19 heavy (non-hydrogen) atoms. The van der Waals surface area contributed by atoms with Gasteiger partial charge in [-0.05, 0) is 30.2 Å². The highest BCUT2D eigenvalue weighted by Crippen LogP contribution is 2.32. The molecule has 0 spiro atoms. The van der Waals surface area contributed by atoms with E-state index in [9.17, 15) is 4.79 Å². The molecule has 2 heterocycles. The van der Waals surface area contributed by atoms with Gasteiger partial charge in [0.15, 0.2) is 0 Å². The third kappa shape index (κ3) is 2.01. The van der Waals surface area contributed by atoms with Crippen LogP contribution >= 0.6 is 11.6 Å². The number of rotatable bonds is 2. The average molecular weight is 279 g/mol. The molecule has 0 aliphatic carbocycles. The molecule has 0 amide bonds. The molecule has 1 aromatic carbocycles. The van der Waals surface area contributed by atoms with Gasteiger partial charge >= 0.3 is 5.97 Å². The number of hydrogen-bond donors (Lipinski definition) is 2. The van der Waals surface area contributed by atoms with E-state index in [2.05, 4.69) is 11.4 Å². The Hall–Kier alpha value is -1.52. The van der Waals surface area contributed by atoms with Crippen LogP contribution in [0.5, 0.6) is 0 Å². The third-order valence-corrected chi connectivity index (χ3v) is 4.11. The minimum Gasteiger partial charge on any atom is -0.480 e. The van der Waals surface area contributed by atoms with Crippen LogP contribution in [-0.2, 0) is 24.3 Å². The highest BCUT2D eigenvalue weighted by molar-refractivity contribution is 6.32. The maximum Gasteiger partial charge on any atom is 0.323 e. The summed E-state index contributed by atoms with van der Waals surface area (Å²) in [6.45, 7) is 3.64. The molecule has 2 aromatic rings. The molecule has 5 heteroatoms. The zero-order valence-electron chi connectivity index (χ0n) is 10.7. The van der Waals surface area contributed by atoms with Crippen LogP contribution in [0.25, 0.3) is 10.9 Å². The predicted molar refractivity (Wildman–Crippen MR) is 74.7 cm³/mol. The fraction of sp³-hybridized carbons (Fsp3) is 0.357. The first-order valence-electron chi connectivity index (χ1n) is 6.30. The monoisotopic (exact) mass is 278 g/mol. The number of fused-ring (bicyclic) bond motifs is 3. The van der Waals surface area contributed by atoms with E-state index in [1.54, 1.807) is 0 Å². The van der Waals surface area contributed by atoms with Crippen molar-refractivity contribution in [2.24, 2.45) is 0 Å². The lowest BCUT2D eigenvalue weighted by atomic mass is 10.0. The number of nitrogens with zero attached hydrogens (tertiary/aromatic N) is 1. The van der Waals surface area contributed by atoms with Gasteiger partial charge < -0.3 is 15.0 Å². The van der Waals surface area contributed by atoms with Crippen molar-refractivity contribution in [2.45, 2.75) is 26.4 Å². The molecule has 0 atom stereocenters. The van der Waals surface area contributed by atoms with E-state index >= 15 is 0 Å². The van der Waals surface area contributed by atoms with Gasteiger partial charge in [-0.3, -0.25) is 4.79 Å². The van der Waals surface area contributed by atoms with Crippen molar-refractivity contribution in [3.8, 4) is 0 Å². The average Bonchev–Trinajstić information content (AvgIpc) is 2.65. The van der Waals surface area contributed by atoms with E-state index in [4.69, 9.17) is 16.7 Å². The number of carbonyl (C=O) groups is 1. The summed E-state index contributed by atoms with van der Waals surface area (Å²) in [7, 11) is 0. The van der Waals surface area contributed by atoms with Crippen molar-refractivity contribution in [1.29, 1.82) is 0 Å². The molecule has 0 unspecified atom stereocenters. The zero-order chi connectivity index (χ0) is 13.6. The summed E-state index contributed by atoms with van der Waals surface area (Å²) in [5.41, 5.74) is 4.28. The number of benzene rings is 1. The van der Waals surface area contributed by atoms with Crippen molar-refractivity contribution >= 4 is 28.5 Å². The Morgan fingerprint density at radius 3 is 3.05 bits per heavy atom. The Kier molecular flexibility index (Phi) is 2.99. The highest BCUT2D eigenvalue weighted by atomic mass is 35.5. The largest absolute Gasteiger partial charge is 0.480 e. The lowest BCUT2D eigenvalue weighted by molar-refractivity contribution is -0.137. The second-order valence-corrected chi connectivity index (χ2v) is 5.36. The van der Waals surface area contributed by atoms with Gasteiger partial charge in [-0.25, -0.2) is 0 Å². The zero-order valence-corrected chi connectivity index (χ0v) is 11.4. The van der Waals surface area contributed by atoms with Gasteiger partial charge in [0.25, 0.3) is 0 Å². The normalized spacial score (nSPS) is 14.6. The molecule has 0 saturated carbocycles. The van der Waals surface area contributed by atoms with Gasteiger partial charge in [0.2, 0.25) is 0 Å². The van der Waals surface area contributed by atoms with Crippen LogP contribution in [0.4, 0.5) is 0 Å². The number of carboxylic acid groups (broad SMARTS) is 1. The molecule has 0 radical (unpaired) electrons. The minimum atomic E-state index is -0.824. The van der Waals surface area contributed by atoms with Crippen LogP contribution in [0.1, 0.15) is 16.8 Å². The summed E-state index contributed by atoms with van der Waals surface area (Å²) in [6.07, 6.45) is 0.855. The number of aliphatic carboxylic acids is 1. The Bertz CT molecular complexity index is 676. The number of carboxylic acids is 1. The molecule has 0 saturated heterocycles. The van der Waals surface area contributed by atoms with Crippen LogP contribution in [-0.4, -0.2) is 22.2 Å². The summed E-state index contributed by atoms with van der Waals surface area (Å²) in [5, 5.41) is 14.2. The molecule has 1 aromatic heterocycles. The van der Waals surface area contributed by atoms with Gasteiger partial charge in [0.1, 0.15) is 6.54 Å². The van der Waals surface area contributed by atoms with Crippen LogP contribution in [0, 0.1) is 6.92 Å². The van der Waals surface area contributed by atoms with Gasteiger partial charge in [-0.2, -0.15) is 0 Å². The first-order valence-corrected chi connectivity index (χ1v) is 6.68. The molecule has 0 fully saturated rings. The smallest absolute Gasteiger partial charge is 0.323 e. The van der Waals surface area contributed by atoms with E-state index in [1.165, 1.54) is 5.56 Å². The summed E-state index contributed by atoms with van der Waals surface area (Å²) in [5.74, 6) is -0.824. The fourth-order valence-corrected chi connectivity index (χ4v) is 2.98. The van der Waals surface area contributed by atoms with Gasteiger partial charge in [-0.15, -0.1) is 0 Å². The standard InChI is InChI=1S/C14H15ClN2O2/c1-8-4-9-10-6-16-3-2-12(10)17(7-14(18)19)13(9)5-11(8)15/h4-5,16H,2-3,6-7H2,1H3,(H,18,19). The Morgan fingerprint density at radius 1 is 1.53 bits per heavy atom. The molecule has 4 nitrogen and oxygen atoms in total.